The molecule has 0 aromatic heterocycles. The van der Waals surface area contributed by atoms with Gasteiger partial charge in [-0.05, 0) is 0 Å². The van der Waals surface area contributed by atoms with Gasteiger partial charge in [0.25, 0.3) is 0 Å². The highest BCUT2D eigenvalue weighted by Gasteiger charge is 2.09. The van der Waals surface area contributed by atoms with E-state index in [2.05, 4.69) is 61.2 Å². The Morgan fingerprint density at radius 3 is 1.27 bits per heavy atom. The van der Waals surface area contributed by atoms with Crippen molar-refractivity contribution in [1.82, 2.24) is 0 Å². The Hall–Kier alpha value is -3.74. The van der Waals surface area contributed by atoms with Crippen LogP contribution in [0.1, 0.15) is 25.7 Å². The van der Waals surface area contributed by atoms with Gasteiger partial charge in [0.1, 0.15) is 33.0 Å². The average Bonchev–Trinajstić information content (AvgIpc) is 2.89. The predicted octanol–water partition coefficient (Wildman–Crippen LogP) is 2.46. The number of aliphatic carboxylic acids is 1. The summed E-state index contributed by atoms with van der Waals surface area (Å²) in [6.45, 7) is 13.1. The van der Waals surface area contributed by atoms with Crippen molar-refractivity contribution in [3.8, 4) is 0 Å². The molecule has 0 saturated carbocycles. The number of rotatable bonds is 17. The minimum absolute atomic E-state index is 0.0441. The fourth-order valence-electron chi connectivity index (χ4n) is 1.49. The number of allylic oxidation sites excluding steroid dienone is 1. The first-order valence-corrected chi connectivity index (χ1v) is 11.7. The van der Waals surface area contributed by atoms with Crippen LogP contribution < -0.4 is 0 Å². The van der Waals surface area contributed by atoms with Crippen LogP contribution in [0.3, 0.4) is 0 Å². The second kappa shape index (κ2) is 28.5. The van der Waals surface area contributed by atoms with Gasteiger partial charge in [-0.1, -0.05) is 47.8 Å². The number of carbonyl (C=O) groups excluding carboxylic acids is 5. The summed E-state index contributed by atoms with van der Waals surface area (Å²) in [4.78, 5) is 64.2. The number of hydrogen-bond donors (Lipinski definition) is 1. The van der Waals surface area contributed by atoms with Crippen molar-refractivity contribution in [2.75, 3.05) is 38.4 Å². The van der Waals surface area contributed by atoms with E-state index in [0.717, 1.165) is 17.5 Å². The van der Waals surface area contributed by atoms with Gasteiger partial charge in [-0.15, -0.1) is 6.58 Å². The lowest BCUT2D eigenvalue weighted by atomic mass is 10.3. The Kier molecular flexibility index (Phi) is 29.1. The molecule has 0 atom stereocenters. The fraction of sp³-hybridized carbons (Fsp3) is 0.417. The summed E-state index contributed by atoms with van der Waals surface area (Å²) in [5.41, 5.74) is 0. The molecule has 13 heteroatoms. The number of carbonyl (C=O) groups is 6. The van der Waals surface area contributed by atoms with E-state index >= 15 is 0 Å². The molecule has 0 saturated heterocycles. The van der Waals surface area contributed by atoms with Gasteiger partial charge in [0.05, 0.1) is 25.7 Å². The summed E-state index contributed by atoms with van der Waals surface area (Å²) < 4.78 is 23.1. The fourth-order valence-corrected chi connectivity index (χ4v) is 1.49. The molecule has 0 aliphatic carbocycles. The highest BCUT2D eigenvalue weighted by Crippen LogP contribution is 1.96. The van der Waals surface area contributed by atoms with E-state index in [-0.39, 0.29) is 58.7 Å². The third-order valence-corrected chi connectivity index (χ3v) is 3.52. The van der Waals surface area contributed by atoms with Gasteiger partial charge in [-0.2, -0.15) is 0 Å². The molecule has 0 radical (unpaired) electrons. The van der Waals surface area contributed by atoms with Crippen molar-refractivity contribution >= 4 is 51.7 Å². The van der Waals surface area contributed by atoms with Crippen LogP contribution in [-0.2, 0) is 52.5 Å². The molecule has 37 heavy (non-hydrogen) atoms. The van der Waals surface area contributed by atoms with Crippen LogP contribution in [0.25, 0.3) is 0 Å². The molecule has 0 aromatic rings. The van der Waals surface area contributed by atoms with Crippen molar-refractivity contribution < 1.29 is 57.6 Å². The van der Waals surface area contributed by atoms with Crippen LogP contribution in [0.4, 0.5) is 0 Å². The number of alkyl halides is 1. The topological polar surface area (TPSA) is 169 Å². The highest BCUT2D eigenvalue weighted by molar-refractivity contribution is 9.09. The van der Waals surface area contributed by atoms with Crippen molar-refractivity contribution in [2.24, 2.45) is 0 Å². The van der Waals surface area contributed by atoms with Gasteiger partial charge in [0, 0.05) is 17.5 Å². The summed E-state index contributed by atoms with van der Waals surface area (Å²) in [6, 6.07) is 0. The van der Waals surface area contributed by atoms with E-state index < -0.39 is 35.8 Å². The van der Waals surface area contributed by atoms with E-state index in [1.807, 2.05) is 0 Å². The summed E-state index contributed by atoms with van der Waals surface area (Å²) in [7, 11) is 0. The van der Waals surface area contributed by atoms with Gasteiger partial charge in [0.2, 0.25) is 0 Å². The summed E-state index contributed by atoms with van der Waals surface area (Å²) in [5.74, 6) is -3.93. The molecule has 0 unspecified atom stereocenters. The zero-order valence-electron chi connectivity index (χ0n) is 20.5. The molecule has 0 heterocycles. The molecule has 0 aliphatic heterocycles. The summed E-state index contributed by atoms with van der Waals surface area (Å²) in [5, 5.41) is 9.15. The van der Waals surface area contributed by atoms with E-state index in [0.29, 0.717) is 0 Å². The Balaban J connectivity index is -0.000000551. The van der Waals surface area contributed by atoms with Crippen molar-refractivity contribution in [3.63, 3.8) is 0 Å². The Bertz CT molecular complexity index is 761. The predicted molar refractivity (Wildman–Crippen MR) is 135 cm³/mol. The van der Waals surface area contributed by atoms with Crippen LogP contribution in [0, 0.1) is 0 Å². The van der Waals surface area contributed by atoms with E-state index in [1.54, 1.807) is 6.08 Å². The first-order chi connectivity index (χ1) is 17.6. The zero-order chi connectivity index (χ0) is 28.9. The van der Waals surface area contributed by atoms with Gasteiger partial charge in [0.15, 0.2) is 0 Å². The molecule has 0 fully saturated rings. The molecule has 208 valence electrons. The number of carboxylic acids is 1. The first kappa shape index (κ1) is 37.8. The zero-order valence-corrected chi connectivity index (χ0v) is 22.1. The maximum atomic E-state index is 11.1. The van der Waals surface area contributed by atoms with Crippen LogP contribution >= 0.6 is 15.9 Å². The van der Waals surface area contributed by atoms with Crippen LogP contribution in [0.15, 0.2) is 50.6 Å². The second-order valence-corrected chi connectivity index (χ2v) is 6.64. The lowest BCUT2D eigenvalue weighted by Gasteiger charge is -2.05. The second-order valence-electron chi connectivity index (χ2n) is 5.99. The van der Waals surface area contributed by atoms with Gasteiger partial charge < -0.3 is 28.8 Å². The first-order valence-electron chi connectivity index (χ1n) is 10.6. The standard InChI is InChI=1S/C12H16O6.C9H12O6.C3H5Br/c1-3-7-16-11(14)5-6-12(15)18-9-8-17-10(13)4-2;1-2-8(12)14-5-6-15-9(13)4-3-7(10)11;1-2-3-4/h3-4H,1-2,5-9H2;2H,1,3-6H2,(H,10,11);2H,1,3H2. The largest absolute Gasteiger partial charge is 0.481 e. The lowest BCUT2D eigenvalue weighted by molar-refractivity contribution is -0.152. The van der Waals surface area contributed by atoms with Crippen molar-refractivity contribution in [1.29, 1.82) is 0 Å². The van der Waals surface area contributed by atoms with Gasteiger partial charge >= 0.3 is 35.8 Å². The number of esters is 5. The maximum Gasteiger partial charge on any atom is 0.330 e. The van der Waals surface area contributed by atoms with Gasteiger partial charge in [-0.25, -0.2) is 9.59 Å². The highest BCUT2D eigenvalue weighted by atomic mass is 79.9. The maximum absolute atomic E-state index is 11.1. The van der Waals surface area contributed by atoms with E-state index in [4.69, 9.17) is 9.84 Å². The normalized spacial score (nSPS) is 8.78. The molecule has 0 aromatic carbocycles. The molecule has 0 spiro atoms. The van der Waals surface area contributed by atoms with E-state index in [1.165, 1.54) is 6.08 Å². The Morgan fingerprint density at radius 2 is 0.946 bits per heavy atom. The van der Waals surface area contributed by atoms with Crippen molar-refractivity contribution in [3.05, 3.63) is 50.6 Å². The van der Waals surface area contributed by atoms with Crippen LogP contribution in [0.5, 0.6) is 0 Å². The number of carboxylic acid groups (broad SMARTS) is 1. The molecular formula is C24H33BrO12. The minimum atomic E-state index is -1.06. The Labute approximate surface area is 224 Å². The Morgan fingerprint density at radius 1 is 0.595 bits per heavy atom. The molecule has 0 rings (SSSR count). The summed E-state index contributed by atoms with van der Waals surface area (Å²) in [6.07, 6.45) is 4.63. The average molecular weight is 593 g/mol. The quantitative estimate of drug-likeness (QED) is 0.0654. The molecular weight excluding hydrogens is 560 g/mol. The monoisotopic (exact) mass is 592 g/mol. The molecule has 0 aliphatic rings. The molecule has 1 N–H and O–H groups in total. The lowest BCUT2D eigenvalue weighted by Crippen LogP contribution is -2.14. The third-order valence-electron chi connectivity index (χ3n) is 3.06. The molecule has 0 bridgehead atoms. The molecule has 12 nitrogen and oxygen atoms in total. The number of ether oxygens (including phenoxy) is 5. The minimum Gasteiger partial charge on any atom is -0.481 e. The smallest absolute Gasteiger partial charge is 0.330 e. The van der Waals surface area contributed by atoms with Crippen LogP contribution in [0.2, 0.25) is 0 Å². The summed E-state index contributed by atoms with van der Waals surface area (Å²) >= 11 is 3.13. The van der Waals surface area contributed by atoms with E-state index in [9.17, 15) is 28.8 Å². The number of halogens is 1. The third kappa shape index (κ3) is 34.5. The molecule has 0 amide bonds. The number of hydrogen-bond acceptors (Lipinski definition) is 11. The van der Waals surface area contributed by atoms with Crippen molar-refractivity contribution in [2.45, 2.75) is 25.7 Å². The van der Waals surface area contributed by atoms with Gasteiger partial charge in [-0.3, -0.25) is 19.2 Å². The SMILES string of the molecule is C=CC(=O)OCCOC(=O)CCC(=O)O.C=CCBr.C=CCOC(=O)CCC(=O)OCCOC(=O)C=C. The van der Waals surface area contributed by atoms with Crippen LogP contribution in [-0.4, -0.2) is 79.3 Å².